The van der Waals surface area contributed by atoms with Crippen LogP contribution in [0.1, 0.15) is 41.8 Å². The lowest BCUT2D eigenvalue weighted by Crippen LogP contribution is -2.37. The summed E-state index contributed by atoms with van der Waals surface area (Å²) in [5.41, 5.74) is 0.616. The topological polar surface area (TPSA) is 55.2 Å². The monoisotopic (exact) mass is 469 g/mol. The molecule has 0 bridgehead atoms. The van der Waals surface area contributed by atoms with Crippen LogP contribution in [0.5, 0.6) is 0 Å². The van der Waals surface area contributed by atoms with E-state index in [0.29, 0.717) is 33.8 Å². The molecule has 5 nitrogen and oxygen atoms in total. The number of thiophene rings is 1. The summed E-state index contributed by atoms with van der Waals surface area (Å²) < 4.78 is 15.3. The van der Waals surface area contributed by atoms with Gasteiger partial charge in [0.15, 0.2) is 0 Å². The molecule has 2 aromatic heterocycles. The number of rotatable bonds is 6. The number of nitrogens with zero attached hydrogens (tertiary/aromatic N) is 3. The molecule has 2 aromatic carbocycles. The van der Waals surface area contributed by atoms with E-state index >= 15 is 0 Å². The average Bonchev–Trinajstić information content (AvgIpc) is 3.33. The van der Waals surface area contributed by atoms with E-state index in [1.165, 1.54) is 34.1 Å². The lowest BCUT2D eigenvalue weighted by Gasteiger charge is -2.30. The first-order valence-electron chi connectivity index (χ1n) is 10.2. The maximum Gasteiger partial charge on any atom is 0.266 e. The minimum Gasteiger partial charge on any atom is -0.328 e. The van der Waals surface area contributed by atoms with Crippen LogP contribution in [0.2, 0.25) is 5.02 Å². The third-order valence-corrected chi connectivity index (χ3v) is 6.41. The fourth-order valence-electron chi connectivity index (χ4n) is 3.70. The molecule has 0 aliphatic carbocycles. The van der Waals surface area contributed by atoms with Crippen molar-refractivity contribution in [2.24, 2.45) is 0 Å². The normalized spacial score (nSPS) is 12.1. The van der Waals surface area contributed by atoms with Crippen LogP contribution in [0.4, 0.5) is 4.39 Å². The van der Waals surface area contributed by atoms with Crippen molar-refractivity contribution in [3.63, 3.8) is 0 Å². The molecular weight excluding hydrogens is 449 g/mol. The summed E-state index contributed by atoms with van der Waals surface area (Å²) in [7, 11) is 0. The van der Waals surface area contributed by atoms with Crippen molar-refractivity contribution in [2.75, 3.05) is 6.54 Å². The molecule has 164 valence electrons. The number of para-hydroxylation sites is 1. The molecule has 0 N–H and O–H groups in total. The summed E-state index contributed by atoms with van der Waals surface area (Å²) in [6.07, 6.45) is 0.738. The summed E-state index contributed by atoms with van der Waals surface area (Å²) in [6, 6.07) is 14.2. The van der Waals surface area contributed by atoms with E-state index in [1.54, 1.807) is 29.2 Å². The Morgan fingerprint density at radius 2 is 2.00 bits per heavy atom. The zero-order chi connectivity index (χ0) is 22.8. The second-order valence-corrected chi connectivity index (χ2v) is 8.73. The van der Waals surface area contributed by atoms with E-state index in [2.05, 4.69) is 0 Å². The Balaban J connectivity index is 1.94. The highest BCUT2D eigenvalue weighted by Gasteiger charge is 2.27. The van der Waals surface area contributed by atoms with Gasteiger partial charge in [-0.2, -0.15) is 0 Å². The maximum atomic E-state index is 13.8. The Morgan fingerprint density at radius 3 is 2.69 bits per heavy atom. The number of fused-ring (bicyclic) bond motifs is 1. The lowest BCUT2D eigenvalue weighted by molar-refractivity contribution is 0.0686. The Labute approximate surface area is 193 Å². The van der Waals surface area contributed by atoms with Crippen LogP contribution in [-0.4, -0.2) is 26.9 Å². The zero-order valence-corrected chi connectivity index (χ0v) is 19.2. The minimum atomic E-state index is -0.577. The second kappa shape index (κ2) is 9.22. The summed E-state index contributed by atoms with van der Waals surface area (Å²) in [4.78, 5) is 33.9. The Hall–Kier alpha value is -3.03. The molecule has 32 heavy (non-hydrogen) atoms. The number of carbonyl (C=O) groups is 1. The average molecular weight is 470 g/mol. The van der Waals surface area contributed by atoms with Gasteiger partial charge in [0.05, 0.1) is 32.5 Å². The van der Waals surface area contributed by atoms with Gasteiger partial charge in [-0.15, -0.1) is 11.3 Å². The van der Waals surface area contributed by atoms with Gasteiger partial charge in [-0.05, 0) is 55.1 Å². The van der Waals surface area contributed by atoms with Gasteiger partial charge in [0.1, 0.15) is 11.6 Å². The molecule has 2 heterocycles. The van der Waals surface area contributed by atoms with Crippen molar-refractivity contribution in [3.05, 3.63) is 91.9 Å². The second-order valence-electron chi connectivity index (χ2n) is 7.38. The fraction of sp³-hybridized carbons (Fsp3) is 0.208. The highest BCUT2D eigenvalue weighted by molar-refractivity contribution is 7.12. The largest absolute Gasteiger partial charge is 0.328 e. The first-order chi connectivity index (χ1) is 15.4. The number of hydrogen-bond donors (Lipinski definition) is 0. The predicted octanol–water partition coefficient (Wildman–Crippen LogP) is 5.85. The molecule has 0 saturated carbocycles. The number of halogens is 2. The van der Waals surface area contributed by atoms with Gasteiger partial charge in [0.25, 0.3) is 11.5 Å². The highest BCUT2D eigenvalue weighted by atomic mass is 35.5. The maximum absolute atomic E-state index is 13.8. The third kappa shape index (κ3) is 4.06. The van der Waals surface area contributed by atoms with Gasteiger partial charge in [-0.3, -0.25) is 14.2 Å². The van der Waals surface area contributed by atoms with Crippen LogP contribution in [0.15, 0.2) is 64.8 Å². The Morgan fingerprint density at radius 1 is 1.22 bits per heavy atom. The van der Waals surface area contributed by atoms with Crippen molar-refractivity contribution >= 4 is 39.7 Å². The molecule has 0 spiro atoms. The first-order valence-corrected chi connectivity index (χ1v) is 11.5. The van der Waals surface area contributed by atoms with Gasteiger partial charge in [0, 0.05) is 6.54 Å². The number of amides is 1. The smallest absolute Gasteiger partial charge is 0.266 e. The van der Waals surface area contributed by atoms with E-state index in [0.717, 1.165) is 6.42 Å². The summed E-state index contributed by atoms with van der Waals surface area (Å²) >= 11 is 7.39. The number of hydrogen-bond acceptors (Lipinski definition) is 4. The highest BCUT2D eigenvalue weighted by Crippen LogP contribution is 2.27. The van der Waals surface area contributed by atoms with E-state index in [-0.39, 0.29) is 16.5 Å². The summed E-state index contributed by atoms with van der Waals surface area (Å²) in [6.45, 7) is 4.33. The number of carbonyl (C=O) groups excluding carboxylic acids is 1. The van der Waals surface area contributed by atoms with Crippen molar-refractivity contribution < 1.29 is 9.18 Å². The predicted molar refractivity (Wildman–Crippen MR) is 126 cm³/mol. The van der Waals surface area contributed by atoms with Crippen molar-refractivity contribution in [3.8, 4) is 5.69 Å². The van der Waals surface area contributed by atoms with Gasteiger partial charge in [-0.25, -0.2) is 9.37 Å². The van der Waals surface area contributed by atoms with Crippen LogP contribution in [0.25, 0.3) is 16.6 Å². The van der Waals surface area contributed by atoms with Gasteiger partial charge in [0.2, 0.25) is 0 Å². The van der Waals surface area contributed by atoms with Crippen LogP contribution >= 0.6 is 22.9 Å². The van der Waals surface area contributed by atoms with Gasteiger partial charge >= 0.3 is 0 Å². The molecule has 0 fully saturated rings. The molecule has 8 heteroatoms. The summed E-state index contributed by atoms with van der Waals surface area (Å²) in [5, 5.41) is 2.18. The molecule has 1 amide bonds. The zero-order valence-electron chi connectivity index (χ0n) is 17.6. The molecule has 0 aliphatic heterocycles. The Kier molecular flexibility index (Phi) is 6.39. The van der Waals surface area contributed by atoms with E-state index in [1.807, 2.05) is 31.4 Å². The van der Waals surface area contributed by atoms with E-state index < -0.39 is 11.9 Å². The van der Waals surface area contributed by atoms with E-state index in [9.17, 15) is 14.0 Å². The molecule has 1 unspecified atom stereocenters. The van der Waals surface area contributed by atoms with Crippen LogP contribution in [0, 0.1) is 5.82 Å². The number of aromatic nitrogens is 2. The number of benzene rings is 2. The molecule has 0 radical (unpaired) electrons. The molecule has 1 atom stereocenters. The SMILES string of the molecule is CCCN(C(=O)c1cccs1)C(C)c1nc2ccccc2c(=O)n1-c1ccc(F)c(Cl)c1. The molecule has 4 rings (SSSR count). The van der Waals surface area contributed by atoms with Crippen molar-refractivity contribution in [1.82, 2.24) is 14.5 Å². The molecule has 0 saturated heterocycles. The van der Waals surface area contributed by atoms with E-state index in [4.69, 9.17) is 16.6 Å². The quantitative estimate of drug-likeness (QED) is 0.355. The minimum absolute atomic E-state index is 0.0961. The Bertz CT molecular complexity index is 1340. The van der Waals surface area contributed by atoms with Gasteiger partial charge < -0.3 is 4.90 Å². The van der Waals surface area contributed by atoms with Crippen LogP contribution in [-0.2, 0) is 0 Å². The molecule has 4 aromatic rings. The fourth-order valence-corrected chi connectivity index (χ4v) is 4.55. The molecule has 0 aliphatic rings. The lowest BCUT2D eigenvalue weighted by atomic mass is 10.1. The molecular formula is C24H21ClFN3O2S. The van der Waals surface area contributed by atoms with Crippen molar-refractivity contribution in [2.45, 2.75) is 26.3 Å². The van der Waals surface area contributed by atoms with Crippen LogP contribution in [0.3, 0.4) is 0 Å². The summed E-state index contributed by atoms with van der Waals surface area (Å²) in [5.74, 6) is -0.317. The van der Waals surface area contributed by atoms with Gasteiger partial charge in [-0.1, -0.05) is 36.7 Å². The standard InChI is InChI=1S/C24H21ClFN3O2S/c1-3-12-28(24(31)21-9-6-13-32-21)15(2)22-27-20-8-5-4-7-17(20)23(30)29(22)16-10-11-19(26)18(25)14-16/h4-11,13-15H,3,12H2,1-2H3. The third-order valence-electron chi connectivity index (χ3n) is 5.26. The van der Waals surface area contributed by atoms with Crippen LogP contribution < -0.4 is 5.56 Å². The first kappa shape index (κ1) is 22.2. The van der Waals surface area contributed by atoms with Crippen molar-refractivity contribution in [1.29, 1.82) is 0 Å².